The second kappa shape index (κ2) is 17.8. The summed E-state index contributed by atoms with van der Waals surface area (Å²) in [7, 11) is 1.68. The molecule has 1 fully saturated rings. The summed E-state index contributed by atoms with van der Waals surface area (Å²) in [5, 5.41) is 21.3. The van der Waals surface area contributed by atoms with Gasteiger partial charge in [0.05, 0.1) is 25.9 Å². The Bertz CT molecular complexity index is 1640. The summed E-state index contributed by atoms with van der Waals surface area (Å²) in [6.45, 7) is 0.408. The highest BCUT2D eigenvalue weighted by Gasteiger charge is 2.32. The number of carbonyl (C=O) groups is 2. The number of benzene rings is 4. The number of unbranched alkanes of at least 4 members (excludes halogenated alkanes) is 2. The Hall–Kier alpha value is -4.15. The van der Waals surface area contributed by atoms with Crippen molar-refractivity contribution in [3.05, 3.63) is 119 Å². The summed E-state index contributed by atoms with van der Waals surface area (Å²) in [6.07, 6.45) is 2.33. The lowest BCUT2D eigenvalue weighted by atomic mass is 9.99. The molecular weight excluding hydrogens is 626 g/mol. The van der Waals surface area contributed by atoms with Gasteiger partial charge < -0.3 is 29.7 Å². The average molecular weight is 670 g/mol. The van der Waals surface area contributed by atoms with Crippen molar-refractivity contribution >= 4 is 23.6 Å². The van der Waals surface area contributed by atoms with E-state index in [9.17, 15) is 14.7 Å². The summed E-state index contributed by atoms with van der Waals surface area (Å²) in [5.74, 6) is 0.718. The number of carboxylic acid groups (broad SMARTS) is 1. The van der Waals surface area contributed by atoms with E-state index >= 15 is 0 Å². The topological polar surface area (TPSA) is 114 Å². The maximum atomic E-state index is 12.4. The van der Waals surface area contributed by atoms with Gasteiger partial charge in [0.25, 0.3) is 0 Å². The summed E-state index contributed by atoms with van der Waals surface area (Å²) in [6, 6.07) is 32.2. The fourth-order valence-corrected chi connectivity index (χ4v) is 6.75. The number of aliphatic carboxylic acids is 1. The molecule has 0 bridgehead atoms. The molecule has 252 valence electrons. The maximum absolute atomic E-state index is 12.4. The minimum Gasteiger partial charge on any atom is -0.496 e. The maximum Gasteiger partial charge on any atom is 0.303 e. The summed E-state index contributed by atoms with van der Waals surface area (Å²) >= 11 is 1.70. The van der Waals surface area contributed by atoms with Gasteiger partial charge >= 0.3 is 5.97 Å². The zero-order chi connectivity index (χ0) is 33.7. The van der Waals surface area contributed by atoms with Gasteiger partial charge in [0.1, 0.15) is 5.75 Å². The van der Waals surface area contributed by atoms with E-state index in [1.807, 2.05) is 72.8 Å². The lowest BCUT2D eigenvalue weighted by molar-refractivity contribution is -0.245. The van der Waals surface area contributed by atoms with Gasteiger partial charge in [0.15, 0.2) is 6.29 Å². The van der Waals surface area contributed by atoms with Crippen LogP contribution in [0.25, 0.3) is 11.1 Å². The van der Waals surface area contributed by atoms with E-state index in [1.165, 1.54) is 0 Å². The molecule has 0 saturated carbocycles. The number of hydrogen-bond donors (Lipinski definition) is 3. The number of aliphatic hydroxyl groups excluding tert-OH is 1. The molecule has 1 amide bonds. The van der Waals surface area contributed by atoms with Gasteiger partial charge in [-0.25, -0.2) is 0 Å². The van der Waals surface area contributed by atoms with Crippen LogP contribution in [0.1, 0.15) is 73.2 Å². The molecule has 1 aliphatic rings. The average Bonchev–Trinajstić information content (AvgIpc) is 3.13. The molecule has 3 atom stereocenters. The van der Waals surface area contributed by atoms with Crippen LogP contribution in [-0.4, -0.2) is 41.1 Å². The van der Waals surface area contributed by atoms with Gasteiger partial charge in [-0.05, 0) is 64.9 Å². The highest BCUT2D eigenvalue weighted by Crippen LogP contribution is 2.41. The second-order valence-corrected chi connectivity index (χ2v) is 12.9. The van der Waals surface area contributed by atoms with Crippen LogP contribution in [0.15, 0.2) is 102 Å². The van der Waals surface area contributed by atoms with Crippen molar-refractivity contribution in [2.24, 2.45) is 0 Å². The zero-order valence-electron chi connectivity index (χ0n) is 27.2. The number of para-hydroxylation sites is 1. The van der Waals surface area contributed by atoms with Crippen molar-refractivity contribution < 1.29 is 34.0 Å². The fraction of sp³-hybridized carbons (Fsp3) is 0.333. The molecule has 0 spiro atoms. The smallest absolute Gasteiger partial charge is 0.303 e. The minimum atomic E-state index is -0.804. The zero-order valence-corrected chi connectivity index (χ0v) is 28.0. The van der Waals surface area contributed by atoms with Crippen LogP contribution < -0.4 is 10.1 Å². The molecule has 3 N–H and O–H groups in total. The first kappa shape index (κ1) is 35.2. The molecule has 0 unspecified atom stereocenters. The van der Waals surface area contributed by atoms with Crippen LogP contribution in [0.2, 0.25) is 0 Å². The number of methoxy groups -OCH3 is 1. The van der Waals surface area contributed by atoms with Crippen LogP contribution in [0.3, 0.4) is 0 Å². The van der Waals surface area contributed by atoms with E-state index in [4.69, 9.17) is 19.3 Å². The molecular formula is C39H43NO7S. The molecule has 0 aromatic heterocycles. The molecule has 9 heteroatoms. The van der Waals surface area contributed by atoms with Gasteiger partial charge in [-0.3, -0.25) is 9.59 Å². The lowest BCUT2D eigenvalue weighted by Gasteiger charge is -2.36. The van der Waals surface area contributed by atoms with Crippen LogP contribution in [0.4, 0.5) is 0 Å². The van der Waals surface area contributed by atoms with E-state index in [2.05, 4.69) is 29.6 Å². The third-order valence-electron chi connectivity index (χ3n) is 8.31. The highest BCUT2D eigenvalue weighted by molar-refractivity contribution is 7.99. The van der Waals surface area contributed by atoms with Gasteiger partial charge in [0.2, 0.25) is 5.91 Å². The van der Waals surface area contributed by atoms with E-state index in [1.54, 1.807) is 18.9 Å². The Morgan fingerprint density at radius 3 is 2.35 bits per heavy atom. The van der Waals surface area contributed by atoms with Crippen LogP contribution in [0.5, 0.6) is 5.75 Å². The van der Waals surface area contributed by atoms with E-state index in [0.717, 1.165) is 56.2 Å². The normalized spacial score (nSPS) is 17.5. The van der Waals surface area contributed by atoms with E-state index in [-0.39, 0.29) is 31.1 Å². The first-order valence-corrected chi connectivity index (χ1v) is 17.3. The van der Waals surface area contributed by atoms with Crippen molar-refractivity contribution in [1.29, 1.82) is 0 Å². The minimum absolute atomic E-state index is 0.00768. The number of ether oxygens (including phenoxy) is 3. The Labute approximate surface area is 286 Å². The monoisotopic (exact) mass is 669 g/mol. The first-order chi connectivity index (χ1) is 23.4. The number of carboxylic acids is 1. The van der Waals surface area contributed by atoms with Crippen molar-refractivity contribution in [2.75, 3.05) is 12.9 Å². The van der Waals surface area contributed by atoms with Gasteiger partial charge in [-0.2, -0.15) is 0 Å². The molecule has 1 saturated heterocycles. The quantitative estimate of drug-likeness (QED) is 0.0817. The van der Waals surface area contributed by atoms with Gasteiger partial charge in [0, 0.05) is 42.0 Å². The SMILES string of the molecule is COc1ccccc1SC[C@H]1C[C@@H](c2ccc(CO)cc2)O[C@@H](c2cccc(-c3cccc(CNC(=O)CCCCCC(=O)O)c3)c2)O1. The highest BCUT2D eigenvalue weighted by atomic mass is 32.2. The molecule has 4 aromatic carbocycles. The Kier molecular flexibility index (Phi) is 13.1. The predicted octanol–water partition coefficient (Wildman–Crippen LogP) is 7.84. The number of hydrogen-bond acceptors (Lipinski definition) is 7. The van der Waals surface area contributed by atoms with E-state index in [0.29, 0.717) is 32.2 Å². The molecule has 0 aliphatic carbocycles. The molecule has 4 aromatic rings. The van der Waals surface area contributed by atoms with Crippen LogP contribution >= 0.6 is 11.8 Å². The molecule has 1 aliphatic heterocycles. The molecule has 1 heterocycles. The number of amides is 1. The lowest BCUT2D eigenvalue weighted by Crippen LogP contribution is -2.31. The fourth-order valence-electron chi connectivity index (χ4n) is 5.70. The summed E-state index contributed by atoms with van der Waals surface area (Å²) in [4.78, 5) is 24.1. The summed E-state index contributed by atoms with van der Waals surface area (Å²) < 4.78 is 18.8. The molecule has 8 nitrogen and oxygen atoms in total. The second-order valence-electron chi connectivity index (χ2n) is 11.9. The first-order valence-electron chi connectivity index (χ1n) is 16.4. The number of rotatable bonds is 16. The molecule has 0 radical (unpaired) electrons. The predicted molar refractivity (Wildman–Crippen MR) is 187 cm³/mol. The number of aliphatic hydroxyl groups is 1. The van der Waals surface area contributed by atoms with Gasteiger partial charge in [-0.15, -0.1) is 11.8 Å². The standard InChI is InChI=1S/C39H43NO7S/c1-45-34-13-5-6-14-36(34)48-26-33-23-35(29-19-17-27(25-41)18-20-29)47-39(46-33)32-12-8-11-31(22-32)30-10-7-9-28(21-30)24-40-37(42)15-3-2-4-16-38(43)44/h5-14,17-22,33,35,39,41H,2-4,15-16,23-26H2,1H3,(H,40,42)(H,43,44)/t33-,35+,39+/m1/s1. The van der Waals surface area contributed by atoms with E-state index < -0.39 is 12.3 Å². The Balaban J connectivity index is 1.27. The number of thioether (sulfide) groups is 1. The largest absolute Gasteiger partial charge is 0.496 e. The third kappa shape index (κ3) is 10.2. The Morgan fingerprint density at radius 1 is 0.833 bits per heavy atom. The molecule has 5 rings (SSSR count). The van der Waals surface area contributed by atoms with Crippen LogP contribution in [0, 0.1) is 0 Å². The van der Waals surface area contributed by atoms with Crippen LogP contribution in [-0.2, 0) is 32.2 Å². The number of carbonyl (C=O) groups excluding carboxylic acids is 1. The third-order valence-corrected chi connectivity index (χ3v) is 9.50. The summed E-state index contributed by atoms with van der Waals surface area (Å²) in [5.41, 5.74) is 5.83. The van der Waals surface area contributed by atoms with Crippen molar-refractivity contribution in [3.8, 4) is 16.9 Å². The molecule has 48 heavy (non-hydrogen) atoms. The Morgan fingerprint density at radius 2 is 1.58 bits per heavy atom. The van der Waals surface area contributed by atoms with Crippen molar-refractivity contribution in [2.45, 2.75) is 75.1 Å². The number of nitrogens with one attached hydrogen (secondary N) is 1. The van der Waals surface area contributed by atoms with Crippen molar-refractivity contribution in [1.82, 2.24) is 5.32 Å². The van der Waals surface area contributed by atoms with Crippen molar-refractivity contribution in [3.63, 3.8) is 0 Å². The van der Waals surface area contributed by atoms with Gasteiger partial charge in [-0.1, -0.05) is 79.2 Å².